The minimum atomic E-state index is -0.415. The molecule has 1 aliphatic heterocycles. The van der Waals surface area contributed by atoms with Crippen molar-refractivity contribution in [1.29, 1.82) is 0 Å². The van der Waals surface area contributed by atoms with Crippen LogP contribution in [0.1, 0.15) is 48.3 Å². The van der Waals surface area contributed by atoms with E-state index in [4.69, 9.17) is 9.57 Å². The van der Waals surface area contributed by atoms with Crippen LogP contribution in [0, 0.1) is 10.1 Å². The molecule has 1 fully saturated rings. The molecule has 3 aromatic carbocycles. The van der Waals surface area contributed by atoms with Gasteiger partial charge in [0.15, 0.2) is 5.75 Å². The molecule has 0 bridgehead atoms. The number of rotatable bonds is 9. The number of nitro groups is 1. The van der Waals surface area contributed by atoms with E-state index in [1.807, 2.05) is 36.4 Å². The number of benzene rings is 3. The zero-order valence-corrected chi connectivity index (χ0v) is 21.1. The standard InChI is InChI=1S/C30H33N3O4/c1-32(26-15-12-24(13-16-26)23-10-6-3-7-11-23)20-27-19-28(31-37-27)25-14-17-29(33(34)35)30(18-25)36-21-22-8-4-2-5-9-22/h2-11,14,17-19,24,26-27,31H,12-13,15-16,20-21H2,1H3. The Morgan fingerprint density at radius 2 is 1.70 bits per heavy atom. The van der Waals surface area contributed by atoms with Crippen LogP contribution >= 0.6 is 0 Å². The van der Waals surface area contributed by atoms with Crippen LogP contribution in [0.2, 0.25) is 0 Å². The summed E-state index contributed by atoms with van der Waals surface area (Å²) in [5, 5.41) is 11.6. The Morgan fingerprint density at radius 1 is 1.00 bits per heavy atom. The second-order valence-electron chi connectivity index (χ2n) is 9.91. The first kappa shape index (κ1) is 25.0. The lowest BCUT2D eigenvalue weighted by atomic mass is 9.81. The fourth-order valence-corrected chi connectivity index (χ4v) is 5.33. The number of nitro benzene ring substituents is 1. The van der Waals surface area contributed by atoms with Crippen molar-refractivity contribution in [3.63, 3.8) is 0 Å². The van der Waals surface area contributed by atoms with Crippen molar-refractivity contribution >= 4 is 11.4 Å². The molecule has 1 N–H and O–H groups in total. The van der Waals surface area contributed by atoms with Gasteiger partial charge in [0.1, 0.15) is 12.7 Å². The summed E-state index contributed by atoms with van der Waals surface area (Å²) in [5.41, 5.74) is 6.96. The van der Waals surface area contributed by atoms with Crippen molar-refractivity contribution in [3.8, 4) is 5.75 Å². The Labute approximate surface area is 217 Å². The molecule has 37 heavy (non-hydrogen) atoms. The largest absolute Gasteiger partial charge is 0.482 e. The van der Waals surface area contributed by atoms with Crippen LogP contribution in [-0.2, 0) is 11.4 Å². The minimum absolute atomic E-state index is 0.0541. The molecule has 0 aromatic heterocycles. The average molecular weight is 500 g/mol. The Hall–Kier alpha value is -3.68. The van der Waals surface area contributed by atoms with Gasteiger partial charge in [-0.15, -0.1) is 0 Å². The van der Waals surface area contributed by atoms with Gasteiger partial charge in [-0.3, -0.25) is 20.4 Å². The van der Waals surface area contributed by atoms with E-state index in [1.54, 1.807) is 12.1 Å². The van der Waals surface area contributed by atoms with Crippen LogP contribution in [0.3, 0.4) is 0 Å². The highest BCUT2D eigenvalue weighted by Gasteiger charge is 2.28. The SMILES string of the molecule is CN(CC1C=C(c2ccc([N+](=O)[O-])c(OCc3ccccc3)c2)NO1)C1CCC(c2ccccc2)CC1. The topological polar surface area (TPSA) is 76.9 Å². The minimum Gasteiger partial charge on any atom is -0.482 e. The molecule has 1 heterocycles. The van der Waals surface area contributed by atoms with Gasteiger partial charge >= 0.3 is 5.69 Å². The number of hydroxylamine groups is 1. The fourth-order valence-electron chi connectivity index (χ4n) is 5.33. The maximum absolute atomic E-state index is 11.6. The lowest BCUT2D eigenvalue weighted by molar-refractivity contribution is -0.385. The van der Waals surface area contributed by atoms with E-state index >= 15 is 0 Å². The van der Waals surface area contributed by atoms with E-state index in [9.17, 15) is 10.1 Å². The third kappa shape index (κ3) is 6.18. The van der Waals surface area contributed by atoms with Crippen molar-refractivity contribution in [2.45, 2.75) is 50.4 Å². The summed E-state index contributed by atoms with van der Waals surface area (Å²) in [7, 11) is 2.17. The van der Waals surface area contributed by atoms with E-state index in [0.29, 0.717) is 12.0 Å². The maximum atomic E-state index is 11.6. The second-order valence-corrected chi connectivity index (χ2v) is 9.91. The molecule has 1 unspecified atom stereocenters. The highest BCUT2D eigenvalue weighted by molar-refractivity contribution is 5.68. The molecule has 7 nitrogen and oxygen atoms in total. The summed E-state index contributed by atoms with van der Waals surface area (Å²) < 4.78 is 5.85. The highest BCUT2D eigenvalue weighted by Crippen LogP contribution is 2.35. The van der Waals surface area contributed by atoms with Crippen molar-refractivity contribution in [2.24, 2.45) is 0 Å². The van der Waals surface area contributed by atoms with Crippen molar-refractivity contribution < 1.29 is 14.5 Å². The predicted molar refractivity (Wildman–Crippen MR) is 144 cm³/mol. The number of likely N-dealkylation sites (N-methyl/N-ethyl adjacent to an activating group) is 1. The quantitative estimate of drug-likeness (QED) is 0.284. The van der Waals surface area contributed by atoms with Gasteiger partial charge in [-0.25, -0.2) is 0 Å². The molecule has 0 spiro atoms. The predicted octanol–water partition coefficient (Wildman–Crippen LogP) is 6.08. The summed E-state index contributed by atoms with van der Waals surface area (Å²) in [6.45, 7) is 1.04. The summed E-state index contributed by atoms with van der Waals surface area (Å²) >= 11 is 0. The Morgan fingerprint density at radius 3 is 2.41 bits per heavy atom. The van der Waals surface area contributed by atoms with E-state index < -0.39 is 4.92 Å². The average Bonchev–Trinajstić information content (AvgIpc) is 3.41. The molecule has 0 amide bonds. The van der Waals surface area contributed by atoms with E-state index in [0.717, 1.165) is 23.4 Å². The van der Waals surface area contributed by atoms with Crippen LogP contribution in [-0.4, -0.2) is 35.6 Å². The summed E-state index contributed by atoms with van der Waals surface area (Å²) in [6.07, 6.45) is 6.72. The first-order chi connectivity index (χ1) is 18.1. The van der Waals surface area contributed by atoms with Gasteiger partial charge in [0.05, 0.1) is 10.6 Å². The third-order valence-electron chi connectivity index (χ3n) is 7.44. The van der Waals surface area contributed by atoms with Crippen LogP contribution in [0.25, 0.3) is 5.70 Å². The lowest BCUT2D eigenvalue weighted by Crippen LogP contribution is -2.39. The first-order valence-corrected chi connectivity index (χ1v) is 12.9. The van der Waals surface area contributed by atoms with Gasteiger partial charge in [-0.05, 0) is 68.0 Å². The molecular weight excluding hydrogens is 466 g/mol. The molecule has 2 aliphatic rings. The smallest absolute Gasteiger partial charge is 0.310 e. The summed E-state index contributed by atoms with van der Waals surface area (Å²) in [6, 6.07) is 25.9. The number of hydrogen-bond donors (Lipinski definition) is 1. The van der Waals surface area contributed by atoms with E-state index in [-0.39, 0.29) is 24.1 Å². The molecule has 5 rings (SSSR count). The lowest BCUT2D eigenvalue weighted by Gasteiger charge is -2.35. The molecule has 3 aromatic rings. The second kappa shape index (κ2) is 11.6. The summed E-state index contributed by atoms with van der Waals surface area (Å²) in [4.78, 5) is 19.4. The van der Waals surface area contributed by atoms with Crippen molar-refractivity contribution in [2.75, 3.05) is 13.6 Å². The van der Waals surface area contributed by atoms with Crippen molar-refractivity contribution in [3.05, 3.63) is 112 Å². The molecule has 192 valence electrons. The normalized spacial score (nSPS) is 21.4. The molecule has 1 saturated carbocycles. The zero-order chi connectivity index (χ0) is 25.6. The number of ether oxygens (including phenoxy) is 1. The number of hydrogen-bond acceptors (Lipinski definition) is 6. The maximum Gasteiger partial charge on any atom is 0.310 e. The molecule has 7 heteroatoms. The molecule has 1 atom stereocenters. The van der Waals surface area contributed by atoms with Crippen LogP contribution in [0.15, 0.2) is 84.9 Å². The molecule has 0 radical (unpaired) electrons. The van der Waals surface area contributed by atoms with Crippen molar-refractivity contribution in [1.82, 2.24) is 10.4 Å². The summed E-state index contributed by atoms with van der Waals surface area (Å²) in [5.74, 6) is 0.895. The van der Waals surface area contributed by atoms with Crippen LogP contribution in [0.5, 0.6) is 5.75 Å². The van der Waals surface area contributed by atoms with Gasteiger partial charge in [0.25, 0.3) is 0 Å². The Kier molecular flexibility index (Phi) is 7.82. The molecule has 1 aliphatic carbocycles. The molecular formula is C30H33N3O4. The van der Waals surface area contributed by atoms with Crippen LogP contribution in [0.4, 0.5) is 5.69 Å². The Balaban J connectivity index is 1.20. The first-order valence-electron chi connectivity index (χ1n) is 12.9. The van der Waals surface area contributed by atoms with E-state index in [1.165, 1.54) is 37.3 Å². The molecule has 0 saturated heterocycles. The monoisotopic (exact) mass is 499 g/mol. The number of nitrogens with zero attached hydrogens (tertiary/aromatic N) is 2. The highest BCUT2D eigenvalue weighted by atomic mass is 16.7. The van der Waals surface area contributed by atoms with Gasteiger partial charge < -0.3 is 9.64 Å². The fraction of sp³-hybridized carbons (Fsp3) is 0.333. The van der Waals surface area contributed by atoms with Gasteiger partial charge in [0, 0.05) is 24.2 Å². The Bertz CT molecular complexity index is 1220. The zero-order valence-electron chi connectivity index (χ0n) is 21.1. The van der Waals surface area contributed by atoms with Gasteiger partial charge in [-0.2, -0.15) is 0 Å². The van der Waals surface area contributed by atoms with Gasteiger partial charge in [-0.1, -0.05) is 60.7 Å². The van der Waals surface area contributed by atoms with Gasteiger partial charge in [0.2, 0.25) is 0 Å². The van der Waals surface area contributed by atoms with Crippen LogP contribution < -0.4 is 10.2 Å². The van der Waals surface area contributed by atoms with E-state index in [2.05, 4.69) is 47.8 Å². The number of nitrogens with one attached hydrogen (secondary N) is 1. The third-order valence-corrected chi connectivity index (χ3v) is 7.44.